The fraction of sp³-hybridized carbons (Fsp3) is 0. The number of aliphatic imine (C=N–C) groups is 1. The lowest BCUT2D eigenvalue weighted by molar-refractivity contribution is 0.457. The van der Waals surface area contributed by atoms with Crippen molar-refractivity contribution in [2.24, 2.45) is 10.1 Å². The Morgan fingerprint density at radius 3 is 2.67 bits per heavy atom. The number of sulfonamides is 1. The molecule has 0 bridgehead atoms. The maximum Gasteiger partial charge on any atom is 0.238 e. The number of aromatic amines is 1. The molecule has 0 amide bonds. The second kappa shape index (κ2) is 6.38. The first-order valence-electron chi connectivity index (χ1n) is 7.83. The number of fused-ring (bicyclic) bond motifs is 1. The summed E-state index contributed by atoms with van der Waals surface area (Å²) in [6, 6.07) is 11.2. The molecule has 4 rings (SSSR count). The summed E-state index contributed by atoms with van der Waals surface area (Å²) in [6.45, 7) is 0. The number of hydrogen-bond donors (Lipinski definition) is 3. The number of benzene rings is 1. The molecule has 0 saturated heterocycles. The van der Waals surface area contributed by atoms with Crippen molar-refractivity contribution < 1.29 is 17.9 Å². The SMILES string of the molecule is NS(=O)(=O)c1ccc(N=Cc2c(O)[nH]c3ncc(-c4ccco4)cc23)cc1. The van der Waals surface area contributed by atoms with Gasteiger partial charge in [-0.2, -0.15) is 0 Å². The Morgan fingerprint density at radius 2 is 2.00 bits per heavy atom. The third-order valence-electron chi connectivity index (χ3n) is 3.98. The topological polar surface area (TPSA) is 135 Å². The normalized spacial score (nSPS) is 12.2. The minimum atomic E-state index is -3.75. The average Bonchev–Trinajstić information content (AvgIpc) is 3.26. The van der Waals surface area contributed by atoms with Crippen LogP contribution in [0.25, 0.3) is 22.4 Å². The van der Waals surface area contributed by atoms with Gasteiger partial charge in [-0.05, 0) is 42.5 Å². The second-order valence-electron chi connectivity index (χ2n) is 5.78. The maximum absolute atomic E-state index is 11.3. The minimum absolute atomic E-state index is 0.00341. The highest BCUT2D eigenvalue weighted by molar-refractivity contribution is 7.89. The molecule has 136 valence electrons. The summed E-state index contributed by atoms with van der Waals surface area (Å²) >= 11 is 0. The van der Waals surface area contributed by atoms with Crippen molar-refractivity contribution >= 4 is 33.0 Å². The molecule has 1 aromatic carbocycles. The van der Waals surface area contributed by atoms with Gasteiger partial charge < -0.3 is 14.5 Å². The Morgan fingerprint density at radius 1 is 1.22 bits per heavy atom. The summed E-state index contributed by atoms with van der Waals surface area (Å²) in [5, 5.41) is 15.9. The van der Waals surface area contributed by atoms with Crippen LogP contribution in [0.4, 0.5) is 5.69 Å². The third-order valence-corrected chi connectivity index (χ3v) is 4.91. The lowest BCUT2D eigenvalue weighted by Gasteiger charge is -1.99. The Hall–Kier alpha value is -3.43. The molecule has 4 N–H and O–H groups in total. The molecule has 0 spiro atoms. The fourth-order valence-electron chi connectivity index (χ4n) is 2.65. The monoisotopic (exact) mass is 382 g/mol. The zero-order chi connectivity index (χ0) is 19.0. The van der Waals surface area contributed by atoms with Crippen LogP contribution in [-0.2, 0) is 10.0 Å². The number of nitrogens with one attached hydrogen (secondary N) is 1. The van der Waals surface area contributed by atoms with E-state index in [0.29, 0.717) is 28.0 Å². The number of H-pyrrole nitrogens is 1. The maximum atomic E-state index is 11.3. The molecule has 9 heteroatoms. The van der Waals surface area contributed by atoms with Gasteiger partial charge in [0.1, 0.15) is 11.4 Å². The number of pyridine rings is 1. The average molecular weight is 382 g/mol. The van der Waals surface area contributed by atoms with Crippen molar-refractivity contribution in [3.8, 4) is 17.2 Å². The lowest BCUT2D eigenvalue weighted by atomic mass is 10.1. The van der Waals surface area contributed by atoms with E-state index in [9.17, 15) is 13.5 Å². The van der Waals surface area contributed by atoms with Gasteiger partial charge in [0.25, 0.3) is 0 Å². The Bertz CT molecular complexity index is 1240. The van der Waals surface area contributed by atoms with E-state index >= 15 is 0 Å². The van der Waals surface area contributed by atoms with Crippen LogP contribution < -0.4 is 5.14 Å². The van der Waals surface area contributed by atoms with Crippen molar-refractivity contribution in [2.75, 3.05) is 0 Å². The van der Waals surface area contributed by atoms with Crippen LogP contribution in [-0.4, -0.2) is 29.7 Å². The summed E-state index contributed by atoms with van der Waals surface area (Å²) < 4.78 is 28.0. The number of aromatic nitrogens is 2. The molecule has 4 aromatic rings. The lowest BCUT2D eigenvalue weighted by Crippen LogP contribution is -2.11. The van der Waals surface area contributed by atoms with E-state index in [1.54, 1.807) is 18.5 Å². The molecule has 0 atom stereocenters. The zero-order valence-electron chi connectivity index (χ0n) is 13.8. The van der Waals surface area contributed by atoms with Crippen LogP contribution in [0.1, 0.15) is 5.56 Å². The number of nitrogens with two attached hydrogens (primary N) is 1. The zero-order valence-corrected chi connectivity index (χ0v) is 14.6. The summed E-state index contributed by atoms with van der Waals surface area (Å²) in [5.74, 6) is 0.588. The molecule has 0 aliphatic rings. The van der Waals surface area contributed by atoms with Crippen LogP contribution in [0.5, 0.6) is 5.88 Å². The molecule has 0 aliphatic heterocycles. The van der Waals surface area contributed by atoms with E-state index in [1.165, 1.54) is 30.5 Å². The fourth-order valence-corrected chi connectivity index (χ4v) is 3.16. The number of hydrogen-bond acceptors (Lipinski definition) is 6. The van der Waals surface area contributed by atoms with E-state index in [1.807, 2.05) is 12.1 Å². The van der Waals surface area contributed by atoms with E-state index in [2.05, 4.69) is 15.0 Å². The highest BCUT2D eigenvalue weighted by Gasteiger charge is 2.12. The molecule has 0 fully saturated rings. The van der Waals surface area contributed by atoms with Crippen molar-refractivity contribution in [2.45, 2.75) is 4.90 Å². The van der Waals surface area contributed by atoms with Crippen LogP contribution in [0.15, 0.2) is 69.2 Å². The van der Waals surface area contributed by atoms with Gasteiger partial charge in [-0.3, -0.25) is 4.99 Å². The molecule has 0 aliphatic carbocycles. The number of primary sulfonamides is 1. The van der Waals surface area contributed by atoms with Gasteiger partial charge >= 0.3 is 0 Å². The summed E-state index contributed by atoms with van der Waals surface area (Å²) in [7, 11) is -3.75. The molecule has 27 heavy (non-hydrogen) atoms. The molecule has 3 heterocycles. The first-order chi connectivity index (χ1) is 12.9. The summed E-state index contributed by atoms with van der Waals surface area (Å²) in [6.07, 6.45) is 4.69. The molecule has 0 unspecified atom stereocenters. The van der Waals surface area contributed by atoms with Crippen molar-refractivity contribution in [3.05, 3.63) is 60.5 Å². The Labute approximate surface area is 154 Å². The number of nitrogens with zero attached hydrogens (tertiary/aromatic N) is 2. The second-order valence-corrected chi connectivity index (χ2v) is 7.34. The van der Waals surface area contributed by atoms with E-state index in [4.69, 9.17) is 9.56 Å². The van der Waals surface area contributed by atoms with Gasteiger partial charge in [0.2, 0.25) is 10.0 Å². The van der Waals surface area contributed by atoms with Crippen molar-refractivity contribution in [1.29, 1.82) is 0 Å². The van der Waals surface area contributed by atoms with Gasteiger partial charge in [0, 0.05) is 23.4 Å². The smallest absolute Gasteiger partial charge is 0.238 e. The van der Waals surface area contributed by atoms with E-state index in [0.717, 1.165) is 5.56 Å². The third kappa shape index (κ3) is 3.33. The molecular formula is C18H14N4O4S. The van der Waals surface area contributed by atoms with Gasteiger partial charge in [-0.15, -0.1) is 0 Å². The van der Waals surface area contributed by atoms with Gasteiger partial charge in [-0.25, -0.2) is 18.5 Å². The number of aromatic hydroxyl groups is 1. The predicted molar refractivity (Wildman–Crippen MR) is 101 cm³/mol. The van der Waals surface area contributed by atoms with Gasteiger partial charge in [-0.1, -0.05) is 0 Å². The molecule has 0 radical (unpaired) electrons. The Balaban J connectivity index is 1.71. The van der Waals surface area contributed by atoms with Crippen LogP contribution >= 0.6 is 0 Å². The highest BCUT2D eigenvalue weighted by atomic mass is 32.2. The quantitative estimate of drug-likeness (QED) is 0.466. The predicted octanol–water partition coefficient (Wildman–Crippen LogP) is 2.93. The van der Waals surface area contributed by atoms with Crippen LogP contribution in [0.3, 0.4) is 0 Å². The summed E-state index contributed by atoms with van der Waals surface area (Å²) in [4.78, 5) is 11.4. The summed E-state index contributed by atoms with van der Waals surface area (Å²) in [5.41, 5.74) is 2.24. The van der Waals surface area contributed by atoms with E-state index in [-0.39, 0.29) is 10.8 Å². The molecule has 8 nitrogen and oxygen atoms in total. The van der Waals surface area contributed by atoms with E-state index < -0.39 is 10.0 Å². The van der Waals surface area contributed by atoms with Crippen LogP contribution in [0.2, 0.25) is 0 Å². The first kappa shape index (κ1) is 17.0. The molecule has 0 saturated carbocycles. The van der Waals surface area contributed by atoms with Crippen LogP contribution in [0, 0.1) is 0 Å². The Kier molecular flexibility index (Phi) is 4.02. The first-order valence-corrected chi connectivity index (χ1v) is 9.38. The number of furan rings is 1. The molecular weight excluding hydrogens is 368 g/mol. The molecule has 3 aromatic heterocycles. The standard InChI is InChI=1S/C18H14N4O4S/c19-27(24,25)13-5-3-12(4-6-13)20-10-15-14-8-11(16-2-1-7-26-16)9-21-17(14)22-18(15)23/h1-10,23H,(H,21,22)(H2,19,24,25). The largest absolute Gasteiger partial charge is 0.494 e. The highest BCUT2D eigenvalue weighted by Crippen LogP contribution is 2.29. The van der Waals surface area contributed by atoms with Crippen molar-refractivity contribution in [1.82, 2.24) is 9.97 Å². The number of rotatable bonds is 4. The van der Waals surface area contributed by atoms with Gasteiger partial charge in [0.15, 0.2) is 5.88 Å². The minimum Gasteiger partial charge on any atom is -0.494 e. The van der Waals surface area contributed by atoms with Crippen molar-refractivity contribution in [3.63, 3.8) is 0 Å². The van der Waals surface area contributed by atoms with Gasteiger partial charge in [0.05, 0.1) is 22.4 Å².